The number of anilines is 1. The van der Waals surface area contributed by atoms with E-state index in [2.05, 4.69) is 180 Å². The number of aryl methyl sites for hydroxylation is 3. The van der Waals surface area contributed by atoms with Crippen molar-refractivity contribution in [3.05, 3.63) is 464 Å². The van der Waals surface area contributed by atoms with E-state index in [9.17, 15) is 19.2 Å². The van der Waals surface area contributed by atoms with E-state index in [1.165, 1.54) is 151 Å². The first kappa shape index (κ1) is 102. The Balaban J connectivity index is 0.000000132. The van der Waals surface area contributed by atoms with Crippen molar-refractivity contribution < 1.29 is 23.9 Å². The highest BCUT2D eigenvalue weighted by atomic mass is 16.5. The molecule has 145 heavy (non-hydrogen) atoms. The number of aromatic nitrogens is 8. The van der Waals surface area contributed by atoms with E-state index in [0.717, 1.165) is 179 Å². The summed E-state index contributed by atoms with van der Waals surface area (Å²) in [7, 11) is 1.66. The van der Waals surface area contributed by atoms with Gasteiger partial charge in [0.2, 0.25) is 0 Å². The van der Waals surface area contributed by atoms with Gasteiger partial charge in [0.25, 0.3) is 5.91 Å². The Labute approximate surface area is 855 Å². The lowest BCUT2D eigenvalue weighted by molar-refractivity contribution is 0.0984. The molecule has 1 N–H and O–H groups in total. The molecule has 1 amide bonds. The third-order valence-electron chi connectivity index (χ3n) is 27.5. The van der Waals surface area contributed by atoms with Gasteiger partial charge in [0.1, 0.15) is 29.0 Å². The average molecular weight is 1920 g/mol. The average Bonchev–Trinajstić information content (AvgIpc) is 1.02. The molecule has 0 spiro atoms. The number of nitrogens with one attached hydrogen (secondary N) is 1. The third kappa shape index (κ3) is 30.8. The van der Waals surface area contributed by atoms with E-state index in [4.69, 9.17) is 24.7 Å². The van der Waals surface area contributed by atoms with Gasteiger partial charge in [-0.25, -0.2) is 39.9 Å². The van der Waals surface area contributed by atoms with Crippen LogP contribution in [0.1, 0.15) is 213 Å². The number of carbonyl (C=O) groups is 4. The highest BCUT2D eigenvalue weighted by Gasteiger charge is 2.21. The molecule has 18 heteroatoms. The van der Waals surface area contributed by atoms with Crippen molar-refractivity contribution in [2.75, 3.05) is 71.3 Å². The van der Waals surface area contributed by atoms with Crippen molar-refractivity contribution in [3.63, 3.8) is 0 Å². The largest absolute Gasteiger partial charge is 0.497 e. The van der Waals surface area contributed by atoms with Gasteiger partial charge >= 0.3 is 0 Å². The Morgan fingerprint density at radius 2 is 0.655 bits per heavy atom. The molecule has 0 aliphatic carbocycles. The summed E-state index contributed by atoms with van der Waals surface area (Å²) in [6.07, 6.45) is 24.5. The van der Waals surface area contributed by atoms with Crippen molar-refractivity contribution >= 4 is 28.9 Å². The lowest BCUT2D eigenvalue weighted by Gasteiger charge is -2.26. The second kappa shape index (κ2) is 51.9. The summed E-state index contributed by atoms with van der Waals surface area (Å²) < 4.78 is 5.25. The Hall–Kier alpha value is -14.9. The number of nitrogens with zero attached hydrogens (tertiary/aromatic N) is 12. The minimum atomic E-state index is -0.111. The van der Waals surface area contributed by atoms with Gasteiger partial charge in [-0.15, -0.1) is 0 Å². The SMILES string of the molecule is COc1ccc(-c2ccnc(Cc3cccc(CC(=O)c4ccc(CN5CCCCC5)cc4)c3)n2)cc1.Cc1cc(-c2ccccc2)nc(Cc2cccc(CC(=O)c3ccc(CN4CCCCC4)cc3)c2)n1.Cc1ccc(-c2ccnc(Cc3cccc(CC(=O)c4ccc(CN5CCCCC5)cc4)c3)n2)cc1.Cc1ccc(C(=O)Nc2ccc(CCN3CCCC3)cc2)cc1Cc1nccc(-c2ccccc2)n1. The van der Waals surface area contributed by atoms with Gasteiger partial charge in [0.05, 0.1) is 29.9 Å². The quantitative estimate of drug-likeness (QED) is 0.0380. The van der Waals surface area contributed by atoms with Crippen molar-refractivity contribution in [1.29, 1.82) is 0 Å². The zero-order chi connectivity index (χ0) is 99.7. The number of hydrogen-bond donors (Lipinski definition) is 1. The number of piperidine rings is 3. The fraction of sp³-hybridized carbons (Fsp3) is 0.276. The minimum Gasteiger partial charge on any atom is -0.497 e. The number of amides is 1. The first-order chi connectivity index (χ1) is 71.0. The molecule has 4 aromatic heterocycles. The predicted molar refractivity (Wildman–Crippen MR) is 582 cm³/mol. The van der Waals surface area contributed by atoms with E-state index in [0.29, 0.717) is 50.5 Å². The topological polar surface area (TPSA) is 206 Å². The van der Waals surface area contributed by atoms with Gasteiger partial charge in [0.15, 0.2) is 17.3 Å². The molecule has 0 radical (unpaired) electrons. The van der Waals surface area contributed by atoms with E-state index in [1.54, 1.807) is 19.5 Å². The second-order valence-corrected chi connectivity index (χ2v) is 38.9. The lowest BCUT2D eigenvalue weighted by Crippen LogP contribution is -2.29. The number of ketones is 3. The molecule has 4 aliphatic rings. The van der Waals surface area contributed by atoms with Crippen LogP contribution in [0, 0.1) is 20.8 Å². The summed E-state index contributed by atoms with van der Waals surface area (Å²) in [6, 6.07) is 108. The molecule has 18 nitrogen and oxygen atoms in total. The minimum absolute atomic E-state index is 0.111. The zero-order valence-corrected chi connectivity index (χ0v) is 84.2. The monoisotopic (exact) mass is 1920 g/mol. The van der Waals surface area contributed by atoms with E-state index >= 15 is 0 Å². The van der Waals surface area contributed by atoms with Gasteiger partial charge < -0.3 is 15.0 Å². The molecule has 4 saturated heterocycles. The maximum Gasteiger partial charge on any atom is 0.255 e. The van der Waals surface area contributed by atoms with Crippen molar-refractivity contribution in [1.82, 2.24) is 59.5 Å². The van der Waals surface area contributed by atoms with Crippen LogP contribution in [0.5, 0.6) is 5.75 Å². The number of methoxy groups -OCH3 is 1. The summed E-state index contributed by atoms with van der Waals surface area (Å²) in [5.41, 5.74) is 27.5. The van der Waals surface area contributed by atoms with Gasteiger partial charge in [0, 0.05) is 146 Å². The number of carbonyl (C=O) groups excluding carboxylic acids is 4. The smallest absolute Gasteiger partial charge is 0.255 e. The van der Waals surface area contributed by atoms with Crippen LogP contribution in [0.25, 0.3) is 45.0 Å². The van der Waals surface area contributed by atoms with E-state index in [1.807, 2.05) is 213 Å². The molecule has 4 fully saturated rings. The highest BCUT2D eigenvalue weighted by molar-refractivity contribution is 6.04. The maximum absolute atomic E-state index is 13.0. The molecular weight excluding hydrogens is 1790 g/mol. The number of ether oxygens (including phenoxy) is 1. The van der Waals surface area contributed by atoms with Crippen LogP contribution in [0.4, 0.5) is 5.69 Å². The van der Waals surface area contributed by atoms with Crippen LogP contribution in [0.2, 0.25) is 0 Å². The fourth-order valence-electron chi connectivity index (χ4n) is 19.4. The summed E-state index contributed by atoms with van der Waals surface area (Å²) in [5.74, 6) is 4.20. The van der Waals surface area contributed by atoms with Crippen LogP contribution in [0.15, 0.2) is 340 Å². The van der Waals surface area contributed by atoms with Crippen LogP contribution in [0.3, 0.4) is 0 Å². The van der Waals surface area contributed by atoms with Gasteiger partial charge in [-0.05, 0) is 270 Å². The summed E-state index contributed by atoms with van der Waals surface area (Å²) >= 11 is 0. The van der Waals surface area contributed by atoms with Gasteiger partial charge in [-0.3, -0.25) is 33.9 Å². The lowest BCUT2D eigenvalue weighted by atomic mass is 9.99. The molecule has 0 saturated carbocycles. The summed E-state index contributed by atoms with van der Waals surface area (Å²) in [6.45, 7) is 19.7. The Bertz CT molecular complexity index is 6920. The summed E-state index contributed by atoms with van der Waals surface area (Å²) in [5, 5.41) is 3.04. The van der Waals surface area contributed by atoms with E-state index < -0.39 is 0 Å². The van der Waals surface area contributed by atoms with Crippen molar-refractivity contribution in [3.8, 4) is 50.8 Å². The molecule has 12 aromatic carbocycles. The Kier molecular flexibility index (Phi) is 36.3. The van der Waals surface area contributed by atoms with Gasteiger partial charge in [-0.1, -0.05) is 274 Å². The molecule has 0 bridgehead atoms. The zero-order valence-electron chi connectivity index (χ0n) is 84.2. The van der Waals surface area contributed by atoms with Crippen LogP contribution < -0.4 is 10.1 Å². The first-order valence-corrected chi connectivity index (χ1v) is 51.7. The molecule has 734 valence electrons. The molecule has 8 heterocycles. The van der Waals surface area contributed by atoms with Crippen molar-refractivity contribution in [2.45, 2.75) is 162 Å². The van der Waals surface area contributed by atoms with Crippen LogP contribution in [-0.4, -0.2) is 149 Å². The predicted octanol–water partition coefficient (Wildman–Crippen LogP) is 25.0. The number of Topliss-reactive ketones (excluding diaryl/α,β-unsaturated/α-hetero) is 3. The molecule has 0 atom stereocenters. The number of benzene rings is 12. The Morgan fingerprint density at radius 1 is 0.297 bits per heavy atom. The molecule has 0 unspecified atom stereocenters. The van der Waals surface area contributed by atoms with Crippen LogP contribution in [-0.2, 0) is 71.0 Å². The second-order valence-electron chi connectivity index (χ2n) is 38.9. The highest BCUT2D eigenvalue weighted by Crippen LogP contribution is 2.29. The molecule has 4 aliphatic heterocycles. The fourth-order valence-corrected chi connectivity index (χ4v) is 19.4. The number of rotatable bonds is 33. The summed E-state index contributed by atoms with van der Waals surface area (Å²) in [4.78, 5) is 99.2. The Morgan fingerprint density at radius 3 is 1.08 bits per heavy atom. The van der Waals surface area contributed by atoms with Gasteiger partial charge in [-0.2, -0.15) is 0 Å². The maximum atomic E-state index is 13.0. The van der Waals surface area contributed by atoms with E-state index in [-0.39, 0.29) is 23.3 Å². The standard InChI is InChI=1S/C32H33N3O2.2C32H33N3O.C31H32N4O/c1-37-29-14-12-27(13-15-29)30-16-17-33-32(34-30)22-26-7-5-6-25(20-26)21-31(36)28-10-8-24(9-11-28)23-35-18-3-2-4-19-35;1-24-19-30(28-11-4-2-5-12-28)34-32(33-24)22-27-10-8-9-26(20-27)21-31(36)29-15-13-25(14-16-29)23-35-17-6-3-7-18-35;1-24-8-12-28(13-9-24)30-16-17-33-32(34-30)22-27-7-5-6-26(20-27)21-31(36)29-14-10-25(11-15-29)23-35-18-3-2-4-19-35;1-23-9-12-26(21-27(23)22-30-32-17-15-29(34-30)25-7-3-2-4-8-25)31(36)33-28-13-10-24(11-14-28)16-20-35-18-5-6-19-35/h5-17,20H,2-4,18-19,21-23H2,1H3;2,4-5,8-16,19-20H,3,6-7,17-18,21-23H2,1H3;5-17,20H,2-4,18-19,21-23H2,1H3;2-4,7-15,17,21H,5-6,16,18-20,22H2,1H3,(H,33,36). The normalized spacial score (nSPS) is 13.9. The van der Waals surface area contributed by atoms with Crippen LogP contribution >= 0.6 is 0 Å². The van der Waals surface area contributed by atoms with Crippen molar-refractivity contribution in [2.24, 2.45) is 0 Å². The third-order valence-corrected chi connectivity index (χ3v) is 27.5. The number of hydrogen-bond acceptors (Lipinski definition) is 17. The number of likely N-dealkylation sites (tertiary alicyclic amines) is 4. The molecule has 20 rings (SSSR count). The molecule has 16 aromatic rings. The first-order valence-electron chi connectivity index (χ1n) is 51.7. The molecular formula is C127H131N13O5.